The van der Waals surface area contributed by atoms with Crippen LogP contribution in [0.4, 0.5) is 0 Å². The SMILES string of the molecule is CCN(CC)Cc1ccc(CNC(=O)C2CC=CCC2)cc1. The maximum atomic E-state index is 12.1. The maximum absolute atomic E-state index is 12.1. The Morgan fingerprint density at radius 1 is 1.14 bits per heavy atom. The second kappa shape index (κ2) is 8.74. The minimum atomic E-state index is 0.159. The Bertz CT molecular complexity index is 489. The highest BCUT2D eigenvalue weighted by atomic mass is 16.1. The van der Waals surface area contributed by atoms with Crippen LogP contribution in [-0.4, -0.2) is 23.9 Å². The van der Waals surface area contributed by atoms with E-state index in [1.165, 1.54) is 11.1 Å². The molecule has 1 N–H and O–H groups in total. The van der Waals surface area contributed by atoms with Crippen molar-refractivity contribution in [1.29, 1.82) is 0 Å². The van der Waals surface area contributed by atoms with Crippen LogP contribution in [0.5, 0.6) is 0 Å². The maximum Gasteiger partial charge on any atom is 0.223 e. The van der Waals surface area contributed by atoms with E-state index in [0.29, 0.717) is 6.54 Å². The molecule has 0 aliphatic heterocycles. The summed E-state index contributed by atoms with van der Waals surface area (Å²) >= 11 is 0. The van der Waals surface area contributed by atoms with Crippen molar-refractivity contribution in [3.63, 3.8) is 0 Å². The average molecular weight is 300 g/mol. The van der Waals surface area contributed by atoms with E-state index in [-0.39, 0.29) is 11.8 Å². The third-order valence-electron chi connectivity index (χ3n) is 4.43. The number of hydrogen-bond acceptors (Lipinski definition) is 2. The average Bonchev–Trinajstić information content (AvgIpc) is 2.59. The van der Waals surface area contributed by atoms with Crippen LogP contribution in [0.25, 0.3) is 0 Å². The molecule has 1 amide bonds. The highest BCUT2D eigenvalue weighted by Crippen LogP contribution is 2.18. The van der Waals surface area contributed by atoms with Crippen LogP contribution in [0.1, 0.15) is 44.2 Å². The smallest absolute Gasteiger partial charge is 0.223 e. The molecule has 0 fully saturated rings. The zero-order valence-corrected chi connectivity index (χ0v) is 13.8. The van der Waals surface area contributed by atoms with Gasteiger partial charge < -0.3 is 5.32 Å². The number of amides is 1. The molecule has 1 aromatic rings. The lowest BCUT2D eigenvalue weighted by molar-refractivity contribution is -0.125. The number of allylic oxidation sites excluding steroid dienone is 2. The first-order valence-electron chi connectivity index (χ1n) is 8.45. The van der Waals surface area contributed by atoms with Crippen LogP contribution in [0.3, 0.4) is 0 Å². The molecule has 0 heterocycles. The van der Waals surface area contributed by atoms with E-state index >= 15 is 0 Å². The molecule has 22 heavy (non-hydrogen) atoms. The molecule has 2 rings (SSSR count). The van der Waals surface area contributed by atoms with Gasteiger partial charge in [0, 0.05) is 19.0 Å². The van der Waals surface area contributed by atoms with Crippen LogP contribution in [-0.2, 0) is 17.9 Å². The van der Waals surface area contributed by atoms with Crippen LogP contribution in [0.2, 0.25) is 0 Å². The number of rotatable bonds is 7. The third-order valence-corrected chi connectivity index (χ3v) is 4.43. The fourth-order valence-corrected chi connectivity index (χ4v) is 2.83. The van der Waals surface area contributed by atoms with Crippen molar-refractivity contribution in [2.24, 2.45) is 5.92 Å². The fraction of sp³-hybridized carbons (Fsp3) is 0.526. The van der Waals surface area contributed by atoms with Gasteiger partial charge in [-0.3, -0.25) is 9.69 Å². The Morgan fingerprint density at radius 2 is 1.82 bits per heavy atom. The van der Waals surface area contributed by atoms with Gasteiger partial charge in [-0.15, -0.1) is 0 Å². The number of nitrogens with zero attached hydrogens (tertiary/aromatic N) is 1. The predicted octanol–water partition coefficient (Wildman–Crippen LogP) is 3.50. The van der Waals surface area contributed by atoms with Gasteiger partial charge in [-0.1, -0.05) is 50.3 Å². The molecular weight excluding hydrogens is 272 g/mol. The zero-order valence-electron chi connectivity index (χ0n) is 13.8. The Balaban J connectivity index is 1.81. The zero-order chi connectivity index (χ0) is 15.8. The van der Waals surface area contributed by atoms with E-state index in [4.69, 9.17) is 0 Å². The molecule has 1 aliphatic carbocycles. The monoisotopic (exact) mass is 300 g/mol. The lowest BCUT2D eigenvalue weighted by Gasteiger charge is -2.18. The number of hydrogen-bond donors (Lipinski definition) is 1. The number of carbonyl (C=O) groups excluding carboxylic acids is 1. The van der Waals surface area contributed by atoms with E-state index in [2.05, 4.69) is 60.5 Å². The number of carbonyl (C=O) groups is 1. The molecular formula is C19H28N2O. The van der Waals surface area contributed by atoms with E-state index in [1.807, 2.05) is 0 Å². The first-order chi connectivity index (χ1) is 10.7. The molecule has 1 unspecified atom stereocenters. The lowest BCUT2D eigenvalue weighted by atomic mass is 9.93. The van der Waals surface area contributed by atoms with Crippen molar-refractivity contribution in [1.82, 2.24) is 10.2 Å². The first-order valence-corrected chi connectivity index (χ1v) is 8.45. The summed E-state index contributed by atoms with van der Waals surface area (Å²) in [4.78, 5) is 14.5. The van der Waals surface area contributed by atoms with Gasteiger partial charge in [-0.05, 0) is 43.5 Å². The summed E-state index contributed by atoms with van der Waals surface area (Å²) in [6, 6.07) is 8.59. The van der Waals surface area contributed by atoms with Gasteiger partial charge >= 0.3 is 0 Å². The fourth-order valence-electron chi connectivity index (χ4n) is 2.83. The highest BCUT2D eigenvalue weighted by Gasteiger charge is 2.17. The van der Waals surface area contributed by atoms with Crippen LogP contribution < -0.4 is 5.32 Å². The normalized spacial score (nSPS) is 17.7. The number of benzene rings is 1. The molecule has 0 radical (unpaired) electrons. The largest absolute Gasteiger partial charge is 0.352 e. The Hall–Kier alpha value is -1.61. The summed E-state index contributed by atoms with van der Waals surface area (Å²) in [5.74, 6) is 0.350. The predicted molar refractivity (Wildman–Crippen MR) is 91.4 cm³/mol. The van der Waals surface area contributed by atoms with Crippen LogP contribution in [0.15, 0.2) is 36.4 Å². The van der Waals surface area contributed by atoms with E-state index in [1.54, 1.807) is 0 Å². The Morgan fingerprint density at radius 3 is 2.41 bits per heavy atom. The quantitative estimate of drug-likeness (QED) is 0.782. The molecule has 3 nitrogen and oxygen atoms in total. The standard InChI is InChI=1S/C19H28N2O/c1-3-21(4-2)15-17-12-10-16(11-13-17)14-20-19(22)18-8-6-5-7-9-18/h5-6,10-13,18H,3-4,7-9,14-15H2,1-2H3,(H,20,22). The summed E-state index contributed by atoms with van der Waals surface area (Å²) in [6.45, 7) is 8.15. The van der Waals surface area contributed by atoms with Crippen molar-refractivity contribution in [2.75, 3.05) is 13.1 Å². The Kier molecular flexibility index (Phi) is 6.66. The summed E-state index contributed by atoms with van der Waals surface area (Å²) in [5, 5.41) is 3.07. The van der Waals surface area contributed by atoms with Gasteiger partial charge in [0.05, 0.1) is 0 Å². The summed E-state index contributed by atoms with van der Waals surface area (Å²) in [6.07, 6.45) is 7.17. The van der Waals surface area contributed by atoms with Crippen molar-refractivity contribution >= 4 is 5.91 Å². The van der Waals surface area contributed by atoms with Gasteiger partial charge in [0.25, 0.3) is 0 Å². The molecule has 1 aliphatic rings. The van der Waals surface area contributed by atoms with Crippen molar-refractivity contribution < 1.29 is 4.79 Å². The minimum absolute atomic E-state index is 0.159. The van der Waals surface area contributed by atoms with Gasteiger partial charge in [-0.2, -0.15) is 0 Å². The number of nitrogens with one attached hydrogen (secondary N) is 1. The molecule has 0 spiro atoms. The van der Waals surface area contributed by atoms with Crippen molar-refractivity contribution in [3.05, 3.63) is 47.5 Å². The third kappa shape index (κ3) is 4.99. The van der Waals surface area contributed by atoms with E-state index < -0.39 is 0 Å². The second-order valence-electron chi connectivity index (χ2n) is 5.98. The summed E-state index contributed by atoms with van der Waals surface area (Å²) in [5.41, 5.74) is 2.50. The molecule has 0 bridgehead atoms. The van der Waals surface area contributed by atoms with Crippen LogP contribution in [0, 0.1) is 5.92 Å². The molecule has 0 saturated carbocycles. The van der Waals surface area contributed by atoms with E-state index in [9.17, 15) is 4.79 Å². The van der Waals surface area contributed by atoms with E-state index in [0.717, 1.165) is 38.9 Å². The molecule has 0 aromatic heterocycles. The summed E-state index contributed by atoms with van der Waals surface area (Å²) in [7, 11) is 0. The van der Waals surface area contributed by atoms with Gasteiger partial charge in [-0.25, -0.2) is 0 Å². The van der Waals surface area contributed by atoms with Crippen LogP contribution >= 0.6 is 0 Å². The first kappa shape index (κ1) is 16.8. The minimum Gasteiger partial charge on any atom is -0.352 e. The van der Waals surface area contributed by atoms with Crippen molar-refractivity contribution in [2.45, 2.75) is 46.2 Å². The topological polar surface area (TPSA) is 32.3 Å². The molecule has 1 atom stereocenters. The van der Waals surface area contributed by atoms with Crippen molar-refractivity contribution in [3.8, 4) is 0 Å². The molecule has 1 aromatic carbocycles. The molecule has 3 heteroatoms. The Labute approximate surface area is 134 Å². The summed E-state index contributed by atoms with van der Waals surface area (Å²) < 4.78 is 0. The highest BCUT2D eigenvalue weighted by molar-refractivity contribution is 5.78. The van der Waals surface area contributed by atoms with Gasteiger partial charge in [0.1, 0.15) is 0 Å². The second-order valence-corrected chi connectivity index (χ2v) is 5.98. The van der Waals surface area contributed by atoms with Gasteiger partial charge in [0.2, 0.25) is 5.91 Å². The lowest BCUT2D eigenvalue weighted by Crippen LogP contribution is -2.30. The molecule has 120 valence electrons. The van der Waals surface area contributed by atoms with Gasteiger partial charge in [0.15, 0.2) is 0 Å². The molecule has 0 saturated heterocycles.